The van der Waals surface area contributed by atoms with Crippen molar-refractivity contribution in [3.8, 4) is 5.75 Å². The minimum atomic E-state index is -1.20. The molecule has 0 aliphatic carbocycles. The highest BCUT2D eigenvalue weighted by atomic mass is 19.1. The van der Waals surface area contributed by atoms with Gasteiger partial charge in [-0.3, -0.25) is 0 Å². The predicted molar refractivity (Wildman–Crippen MR) is 70.6 cm³/mol. The van der Waals surface area contributed by atoms with Gasteiger partial charge < -0.3 is 14.4 Å². The molecule has 0 bridgehead atoms. The Kier molecular flexibility index (Phi) is 4.86. The summed E-state index contributed by atoms with van der Waals surface area (Å²) in [5.74, 6) is -1.05. The maximum atomic E-state index is 13.2. The molecular formula is C14H15FN2O4. The van der Waals surface area contributed by atoms with Crippen LogP contribution < -0.4 is 4.74 Å². The van der Waals surface area contributed by atoms with Gasteiger partial charge in [0.25, 0.3) is 5.89 Å². The molecule has 1 aromatic heterocycles. The van der Waals surface area contributed by atoms with Gasteiger partial charge in [0, 0.05) is 12.5 Å². The third kappa shape index (κ3) is 4.01. The molecule has 0 saturated heterocycles. The van der Waals surface area contributed by atoms with E-state index in [0.717, 1.165) is 31.0 Å². The number of hydrogen-bond donors (Lipinski definition) is 1. The summed E-state index contributed by atoms with van der Waals surface area (Å²) in [5, 5.41) is 12.8. The van der Waals surface area contributed by atoms with Crippen LogP contribution in [0.5, 0.6) is 5.75 Å². The maximum absolute atomic E-state index is 13.2. The molecule has 0 aliphatic heterocycles. The van der Waals surface area contributed by atoms with Gasteiger partial charge in [0.1, 0.15) is 17.1 Å². The van der Waals surface area contributed by atoms with Crippen molar-refractivity contribution in [2.24, 2.45) is 0 Å². The predicted octanol–water partition coefficient (Wildman–Crippen LogP) is 2.83. The van der Waals surface area contributed by atoms with Gasteiger partial charge in [-0.05, 0) is 18.6 Å². The lowest BCUT2D eigenvalue weighted by Crippen LogP contribution is -2.04. The Labute approximate surface area is 120 Å². The molecule has 1 N–H and O–H groups in total. The van der Waals surface area contributed by atoms with E-state index in [4.69, 9.17) is 14.4 Å². The Balaban J connectivity index is 2.04. The second kappa shape index (κ2) is 6.83. The zero-order valence-corrected chi connectivity index (χ0v) is 11.5. The Morgan fingerprint density at radius 3 is 3.00 bits per heavy atom. The fourth-order valence-electron chi connectivity index (χ4n) is 1.72. The Hall–Kier alpha value is -2.44. The molecule has 7 heteroatoms. The first kappa shape index (κ1) is 15.0. The van der Waals surface area contributed by atoms with Crippen LogP contribution in [0, 0.1) is 5.82 Å². The minimum absolute atomic E-state index is 0.0733. The van der Waals surface area contributed by atoms with Crippen LogP contribution in [0.2, 0.25) is 0 Å². The Bertz CT molecular complexity index is 627. The normalized spacial score (nSPS) is 10.6. The van der Waals surface area contributed by atoms with Crippen LogP contribution in [-0.2, 0) is 13.0 Å². The van der Waals surface area contributed by atoms with E-state index in [9.17, 15) is 9.18 Å². The number of carboxylic acids is 1. The zero-order valence-electron chi connectivity index (χ0n) is 11.5. The summed E-state index contributed by atoms with van der Waals surface area (Å²) >= 11 is 0. The van der Waals surface area contributed by atoms with E-state index in [1.54, 1.807) is 0 Å². The molecule has 2 aromatic rings. The summed E-state index contributed by atoms with van der Waals surface area (Å²) < 4.78 is 23.4. The van der Waals surface area contributed by atoms with Gasteiger partial charge >= 0.3 is 5.97 Å². The fourth-order valence-corrected chi connectivity index (χ4v) is 1.72. The van der Waals surface area contributed by atoms with Crippen molar-refractivity contribution in [1.29, 1.82) is 0 Å². The topological polar surface area (TPSA) is 85.5 Å². The number of hydrogen-bond acceptors (Lipinski definition) is 5. The van der Waals surface area contributed by atoms with Crippen LogP contribution in [0.15, 0.2) is 22.7 Å². The first-order valence-electron chi connectivity index (χ1n) is 6.57. The van der Waals surface area contributed by atoms with Crippen molar-refractivity contribution in [2.45, 2.75) is 32.8 Å². The van der Waals surface area contributed by atoms with Gasteiger partial charge in [-0.25, -0.2) is 9.18 Å². The Morgan fingerprint density at radius 2 is 2.29 bits per heavy atom. The first-order chi connectivity index (χ1) is 10.1. The molecule has 21 heavy (non-hydrogen) atoms. The van der Waals surface area contributed by atoms with E-state index < -0.39 is 11.8 Å². The first-order valence-corrected chi connectivity index (χ1v) is 6.57. The number of rotatable bonds is 7. The third-order valence-electron chi connectivity index (χ3n) is 2.79. The number of nitrogens with zero attached hydrogens (tertiary/aromatic N) is 2. The summed E-state index contributed by atoms with van der Waals surface area (Å²) in [6, 6.07) is 3.22. The number of unbranched alkanes of at least 4 members (excludes halogenated alkanes) is 1. The molecule has 0 amide bonds. The van der Waals surface area contributed by atoms with E-state index in [1.165, 1.54) is 0 Å². The number of halogens is 1. The molecule has 2 rings (SSSR count). The zero-order chi connectivity index (χ0) is 15.2. The highest BCUT2D eigenvalue weighted by molar-refractivity contribution is 5.90. The molecule has 0 spiro atoms. The number of carbonyl (C=O) groups is 1. The highest BCUT2D eigenvalue weighted by Gasteiger charge is 2.14. The van der Waals surface area contributed by atoms with Crippen LogP contribution in [0.1, 0.15) is 41.8 Å². The number of aromatic nitrogens is 2. The fraction of sp³-hybridized carbons (Fsp3) is 0.357. The lowest BCUT2D eigenvalue weighted by atomic mass is 10.2. The second-order valence-corrected chi connectivity index (χ2v) is 4.44. The summed E-state index contributed by atoms with van der Waals surface area (Å²) in [5.41, 5.74) is -0.123. The molecule has 0 unspecified atom stereocenters. The molecule has 0 atom stereocenters. The van der Waals surface area contributed by atoms with E-state index in [0.29, 0.717) is 12.2 Å². The number of ether oxygens (including phenoxy) is 1. The lowest BCUT2D eigenvalue weighted by Gasteiger charge is -2.06. The van der Waals surface area contributed by atoms with Crippen LogP contribution in [-0.4, -0.2) is 21.2 Å². The average molecular weight is 294 g/mol. The van der Waals surface area contributed by atoms with E-state index >= 15 is 0 Å². The van der Waals surface area contributed by atoms with Crippen molar-refractivity contribution >= 4 is 5.97 Å². The summed E-state index contributed by atoms with van der Waals surface area (Å²) in [7, 11) is 0. The lowest BCUT2D eigenvalue weighted by molar-refractivity contribution is 0.0691. The molecule has 0 saturated carbocycles. The maximum Gasteiger partial charge on any atom is 0.339 e. The smallest absolute Gasteiger partial charge is 0.339 e. The van der Waals surface area contributed by atoms with E-state index in [-0.39, 0.29) is 23.8 Å². The summed E-state index contributed by atoms with van der Waals surface area (Å²) in [6.07, 6.45) is 2.68. The minimum Gasteiger partial charge on any atom is -0.483 e. The van der Waals surface area contributed by atoms with Gasteiger partial charge in [-0.1, -0.05) is 18.5 Å². The SMILES string of the molecule is CCCCc1noc(COc2cc(F)ccc2C(=O)O)n1. The second-order valence-electron chi connectivity index (χ2n) is 4.44. The summed E-state index contributed by atoms with van der Waals surface area (Å²) in [6.45, 7) is 1.95. The molecule has 112 valence electrons. The molecule has 1 aromatic carbocycles. The monoisotopic (exact) mass is 294 g/mol. The molecule has 6 nitrogen and oxygen atoms in total. The van der Waals surface area contributed by atoms with Gasteiger partial charge in [0.05, 0.1) is 0 Å². The largest absolute Gasteiger partial charge is 0.483 e. The number of aryl methyl sites for hydroxylation is 1. The van der Waals surface area contributed by atoms with Gasteiger partial charge in [0.15, 0.2) is 12.4 Å². The van der Waals surface area contributed by atoms with Crippen molar-refractivity contribution < 1.29 is 23.6 Å². The van der Waals surface area contributed by atoms with Crippen LogP contribution in [0.4, 0.5) is 4.39 Å². The van der Waals surface area contributed by atoms with Gasteiger partial charge in [-0.2, -0.15) is 4.98 Å². The van der Waals surface area contributed by atoms with E-state index in [2.05, 4.69) is 17.1 Å². The van der Waals surface area contributed by atoms with Crippen molar-refractivity contribution in [1.82, 2.24) is 10.1 Å². The Morgan fingerprint density at radius 1 is 1.48 bits per heavy atom. The van der Waals surface area contributed by atoms with Crippen molar-refractivity contribution in [3.63, 3.8) is 0 Å². The van der Waals surface area contributed by atoms with E-state index in [1.807, 2.05) is 0 Å². The molecule has 0 aliphatic rings. The number of benzene rings is 1. The average Bonchev–Trinajstić information content (AvgIpc) is 2.90. The molecule has 0 radical (unpaired) electrons. The number of aromatic carboxylic acids is 1. The van der Waals surface area contributed by atoms with Gasteiger partial charge in [0.2, 0.25) is 0 Å². The molecular weight excluding hydrogens is 279 g/mol. The highest BCUT2D eigenvalue weighted by Crippen LogP contribution is 2.21. The van der Waals surface area contributed by atoms with Crippen LogP contribution in [0.25, 0.3) is 0 Å². The third-order valence-corrected chi connectivity index (χ3v) is 2.79. The molecule has 0 fully saturated rings. The number of carboxylic acid groups (broad SMARTS) is 1. The van der Waals surface area contributed by atoms with Crippen LogP contribution >= 0.6 is 0 Å². The van der Waals surface area contributed by atoms with Crippen molar-refractivity contribution in [3.05, 3.63) is 41.3 Å². The molecule has 1 heterocycles. The quantitative estimate of drug-likeness (QED) is 0.845. The van der Waals surface area contributed by atoms with Crippen molar-refractivity contribution in [2.75, 3.05) is 0 Å². The summed E-state index contributed by atoms with van der Waals surface area (Å²) in [4.78, 5) is 15.1. The van der Waals surface area contributed by atoms with Gasteiger partial charge in [-0.15, -0.1) is 0 Å². The van der Waals surface area contributed by atoms with Crippen LogP contribution in [0.3, 0.4) is 0 Å². The standard InChI is InChI=1S/C14H15FN2O4/c1-2-3-4-12-16-13(21-17-12)8-20-11-7-9(15)5-6-10(11)14(18)19/h5-7H,2-4,8H2,1H3,(H,18,19).